The van der Waals surface area contributed by atoms with E-state index in [1.807, 2.05) is 13.8 Å². The van der Waals surface area contributed by atoms with E-state index in [0.717, 1.165) is 11.1 Å². The Morgan fingerprint density at radius 3 is 2.35 bits per heavy atom. The molecule has 0 heterocycles. The lowest BCUT2D eigenvalue weighted by atomic mass is 10.1. The normalized spacial score (nSPS) is 10.6. The lowest BCUT2D eigenvalue weighted by Gasteiger charge is -2.10. The summed E-state index contributed by atoms with van der Waals surface area (Å²) < 4.78 is 18.2. The van der Waals surface area contributed by atoms with Gasteiger partial charge in [-0.2, -0.15) is 0 Å². The SMILES string of the molecule is Cc1cc(OCC(=O)NNC(=O)/C=C/c2ccc(F)cc2)cc(C)c1Cl. The predicted octanol–water partition coefficient (Wildman–Crippen LogP) is 3.34. The van der Waals surface area contributed by atoms with E-state index in [4.69, 9.17) is 16.3 Å². The summed E-state index contributed by atoms with van der Waals surface area (Å²) in [6, 6.07) is 9.09. The van der Waals surface area contributed by atoms with Crippen LogP contribution in [-0.2, 0) is 9.59 Å². The number of hydrogen-bond acceptors (Lipinski definition) is 3. The van der Waals surface area contributed by atoms with Crippen LogP contribution in [0, 0.1) is 19.7 Å². The standard InChI is InChI=1S/C19H18ClFN2O3/c1-12-9-16(10-13(2)19(12)20)26-11-18(25)23-22-17(24)8-5-14-3-6-15(21)7-4-14/h3-10H,11H2,1-2H3,(H,22,24)(H,23,25)/b8-5+. The number of carbonyl (C=O) groups is 2. The first-order valence-electron chi connectivity index (χ1n) is 7.77. The van der Waals surface area contributed by atoms with Crippen LogP contribution in [-0.4, -0.2) is 18.4 Å². The number of hydrogen-bond donors (Lipinski definition) is 2. The molecule has 0 aromatic heterocycles. The van der Waals surface area contributed by atoms with Crippen molar-refractivity contribution in [2.45, 2.75) is 13.8 Å². The summed E-state index contributed by atoms with van der Waals surface area (Å²) in [5.41, 5.74) is 6.82. The Hall–Kier alpha value is -2.86. The molecule has 0 unspecified atom stereocenters. The lowest BCUT2D eigenvalue weighted by Crippen LogP contribution is -2.43. The van der Waals surface area contributed by atoms with Crippen LogP contribution in [0.4, 0.5) is 4.39 Å². The van der Waals surface area contributed by atoms with E-state index in [1.165, 1.54) is 36.4 Å². The Labute approximate surface area is 155 Å². The van der Waals surface area contributed by atoms with Gasteiger partial charge in [-0.1, -0.05) is 23.7 Å². The minimum absolute atomic E-state index is 0.261. The molecule has 0 aliphatic heterocycles. The Kier molecular flexibility index (Phi) is 6.74. The third-order valence-corrected chi connectivity index (χ3v) is 4.00. The average molecular weight is 377 g/mol. The van der Waals surface area contributed by atoms with Gasteiger partial charge in [0.2, 0.25) is 0 Å². The molecule has 26 heavy (non-hydrogen) atoms. The molecule has 0 aliphatic carbocycles. The smallest absolute Gasteiger partial charge is 0.276 e. The van der Waals surface area contributed by atoms with Gasteiger partial charge in [0.1, 0.15) is 11.6 Å². The van der Waals surface area contributed by atoms with E-state index in [2.05, 4.69) is 10.9 Å². The first kappa shape index (κ1) is 19.5. The second-order valence-corrected chi connectivity index (χ2v) is 5.96. The number of halogens is 2. The second kappa shape index (κ2) is 9.01. The number of aryl methyl sites for hydroxylation is 2. The summed E-state index contributed by atoms with van der Waals surface area (Å²) in [4.78, 5) is 23.4. The van der Waals surface area contributed by atoms with Crippen LogP contribution in [0.5, 0.6) is 5.75 Å². The summed E-state index contributed by atoms with van der Waals surface area (Å²) in [5, 5.41) is 0.655. The van der Waals surface area contributed by atoms with Gasteiger partial charge in [0.25, 0.3) is 11.8 Å². The van der Waals surface area contributed by atoms with Crippen molar-refractivity contribution in [2.24, 2.45) is 0 Å². The zero-order valence-corrected chi connectivity index (χ0v) is 15.1. The molecule has 2 N–H and O–H groups in total. The first-order valence-corrected chi connectivity index (χ1v) is 8.15. The molecule has 0 bridgehead atoms. The molecule has 0 fully saturated rings. The summed E-state index contributed by atoms with van der Waals surface area (Å²) in [6.45, 7) is 3.42. The molecule has 2 aromatic rings. The second-order valence-electron chi connectivity index (χ2n) is 5.58. The Morgan fingerprint density at radius 1 is 1.12 bits per heavy atom. The highest BCUT2D eigenvalue weighted by Gasteiger charge is 2.07. The minimum atomic E-state index is -0.527. The number of ether oxygens (including phenoxy) is 1. The zero-order chi connectivity index (χ0) is 19.1. The fourth-order valence-electron chi connectivity index (χ4n) is 2.09. The van der Waals surface area contributed by atoms with Crippen LogP contribution in [0.1, 0.15) is 16.7 Å². The molecule has 2 amide bonds. The minimum Gasteiger partial charge on any atom is -0.484 e. The Morgan fingerprint density at radius 2 is 1.73 bits per heavy atom. The summed E-state index contributed by atoms with van der Waals surface area (Å²) in [7, 11) is 0. The third kappa shape index (κ3) is 5.89. The van der Waals surface area contributed by atoms with Gasteiger partial charge >= 0.3 is 0 Å². The van der Waals surface area contributed by atoms with Crippen LogP contribution < -0.4 is 15.6 Å². The van der Waals surface area contributed by atoms with E-state index in [-0.39, 0.29) is 12.4 Å². The maximum atomic E-state index is 12.8. The molecular weight excluding hydrogens is 359 g/mol. The fraction of sp³-hybridized carbons (Fsp3) is 0.158. The van der Waals surface area contributed by atoms with E-state index in [0.29, 0.717) is 16.3 Å². The lowest BCUT2D eigenvalue weighted by molar-refractivity contribution is -0.128. The molecule has 0 spiro atoms. The largest absolute Gasteiger partial charge is 0.484 e. The van der Waals surface area contributed by atoms with Crippen LogP contribution in [0.3, 0.4) is 0 Å². The van der Waals surface area contributed by atoms with Gasteiger partial charge < -0.3 is 4.74 Å². The maximum Gasteiger partial charge on any atom is 0.276 e. The van der Waals surface area contributed by atoms with Gasteiger partial charge in [-0.15, -0.1) is 0 Å². The third-order valence-electron chi connectivity index (χ3n) is 3.40. The Bertz CT molecular complexity index is 812. The fourth-order valence-corrected chi connectivity index (χ4v) is 2.20. The number of carbonyl (C=O) groups excluding carboxylic acids is 2. The molecule has 0 atom stereocenters. The van der Waals surface area contributed by atoms with Gasteiger partial charge in [0.15, 0.2) is 6.61 Å². The van der Waals surface area contributed by atoms with Gasteiger partial charge in [-0.3, -0.25) is 20.4 Å². The first-order chi connectivity index (χ1) is 12.3. The van der Waals surface area contributed by atoms with Crippen molar-refractivity contribution in [1.29, 1.82) is 0 Å². The molecule has 0 aliphatic rings. The molecule has 2 aromatic carbocycles. The number of benzene rings is 2. The van der Waals surface area contributed by atoms with E-state index >= 15 is 0 Å². The van der Waals surface area contributed by atoms with Crippen molar-refractivity contribution in [3.63, 3.8) is 0 Å². The van der Waals surface area contributed by atoms with Crippen molar-refractivity contribution in [2.75, 3.05) is 6.61 Å². The van der Waals surface area contributed by atoms with Crippen LogP contribution in [0.15, 0.2) is 42.5 Å². The quantitative estimate of drug-likeness (QED) is 0.621. The predicted molar refractivity (Wildman–Crippen MR) is 98.1 cm³/mol. The van der Waals surface area contributed by atoms with Crippen molar-refractivity contribution in [1.82, 2.24) is 10.9 Å². The van der Waals surface area contributed by atoms with Gasteiger partial charge in [0, 0.05) is 11.1 Å². The van der Waals surface area contributed by atoms with Crippen molar-refractivity contribution < 1.29 is 18.7 Å². The molecular formula is C19H18ClFN2O3. The highest BCUT2D eigenvalue weighted by molar-refractivity contribution is 6.32. The molecule has 0 saturated heterocycles. The summed E-state index contributed by atoms with van der Waals surface area (Å²) >= 11 is 6.07. The van der Waals surface area contributed by atoms with Crippen LogP contribution >= 0.6 is 11.6 Å². The molecule has 0 saturated carbocycles. The van der Waals surface area contributed by atoms with E-state index in [1.54, 1.807) is 12.1 Å². The monoisotopic (exact) mass is 376 g/mol. The zero-order valence-electron chi connectivity index (χ0n) is 14.3. The number of rotatable bonds is 5. The molecule has 2 rings (SSSR count). The molecule has 7 heteroatoms. The van der Waals surface area contributed by atoms with Crippen molar-refractivity contribution in [3.05, 3.63) is 70.0 Å². The van der Waals surface area contributed by atoms with Gasteiger partial charge in [0.05, 0.1) is 0 Å². The highest BCUT2D eigenvalue weighted by atomic mass is 35.5. The Balaban J connectivity index is 1.77. The highest BCUT2D eigenvalue weighted by Crippen LogP contribution is 2.25. The molecule has 0 radical (unpaired) electrons. The van der Waals surface area contributed by atoms with E-state index in [9.17, 15) is 14.0 Å². The topological polar surface area (TPSA) is 67.4 Å². The van der Waals surface area contributed by atoms with Crippen LogP contribution in [0.2, 0.25) is 5.02 Å². The maximum absolute atomic E-state index is 12.8. The summed E-state index contributed by atoms with van der Waals surface area (Å²) in [6.07, 6.45) is 2.72. The van der Waals surface area contributed by atoms with Crippen LogP contribution in [0.25, 0.3) is 6.08 Å². The van der Waals surface area contributed by atoms with E-state index < -0.39 is 11.8 Å². The van der Waals surface area contributed by atoms with Gasteiger partial charge in [-0.05, 0) is 60.9 Å². The molecule has 136 valence electrons. The number of hydrazine groups is 1. The number of nitrogens with one attached hydrogen (secondary N) is 2. The van der Waals surface area contributed by atoms with Gasteiger partial charge in [-0.25, -0.2) is 4.39 Å². The summed E-state index contributed by atoms with van der Waals surface area (Å²) in [5.74, 6) is -0.883. The number of amides is 2. The molecule has 5 nitrogen and oxygen atoms in total. The van der Waals surface area contributed by atoms with Crippen molar-refractivity contribution in [3.8, 4) is 5.75 Å². The van der Waals surface area contributed by atoms with Crippen molar-refractivity contribution >= 4 is 29.5 Å². The average Bonchev–Trinajstić information content (AvgIpc) is 2.62.